The van der Waals surface area contributed by atoms with Crippen LogP contribution in [0.15, 0.2) is 82.6 Å². The maximum absolute atomic E-state index is 13.3. The molecular weight excluding hydrogens is 454 g/mol. The predicted molar refractivity (Wildman–Crippen MR) is 124 cm³/mol. The highest BCUT2D eigenvalue weighted by Gasteiger charge is 2.46. The number of benzene rings is 2. The molecule has 0 aromatic heterocycles. The third-order valence-electron chi connectivity index (χ3n) is 5.94. The van der Waals surface area contributed by atoms with Gasteiger partial charge in [-0.15, -0.1) is 0 Å². The van der Waals surface area contributed by atoms with E-state index in [-0.39, 0.29) is 23.8 Å². The van der Waals surface area contributed by atoms with Crippen molar-refractivity contribution >= 4 is 27.7 Å². The average Bonchev–Trinajstić information content (AvgIpc) is 2.71. The zero-order valence-electron chi connectivity index (χ0n) is 17.8. The molecule has 2 aliphatic rings. The number of Topliss-reactive ketones (excluding diaryl/α,β-unsaturated/α-hetero) is 1. The van der Waals surface area contributed by atoms with E-state index in [1.807, 2.05) is 54.6 Å². The highest BCUT2D eigenvalue weighted by atomic mass is 79.9. The number of halogens is 1. The molecule has 0 spiro atoms. The van der Waals surface area contributed by atoms with E-state index in [9.17, 15) is 9.59 Å². The third kappa shape index (κ3) is 4.52. The van der Waals surface area contributed by atoms with Gasteiger partial charge in [0.1, 0.15) is 12.5 Å². The molecule has 2 aromatic carbocycles. The number of nitrogens with one attached hydrogen (secondary N) is 1. The molecule has 5 heteroatoms. The summed E-state index contributed by atoms with van der Waals surface area (Å²) in [7, 11) is 0. The number of esters is 1. The van der Waals surface area contributed by atoms with Crippen molar-refractivity contribution < 1.29 is 14.3 Å². The summed E-state index contributed by atoms with van der Waals surface area (Å²) in [6, 6.07) is 17.4. The van der Waals surface area contributed by atoms with E-state index in [0.717, 1.165) is 27.7 Å². The van der Waals surface area contributed by atoms with Crippen LogP contribution in [0.25, 0.3) is 0 Å². The lowest BCUT2D eigenvalue weighted by Gasteiger charge is -2.42. The van der Waals surface area contributed by atoms with Crippen LogP contribution in [0.2, 0.25) is 0 Å². The highest BCUT2D eigenvalue weighted by molar-refractivity contribution is 9.10. The molecule has 0 bridgehead atoms. The molecule has 1 aliphatic carbocycles. The van der Waals surface area contributed by atoms with Crippen LogP contribution in [0.1, 0.15) is 43.7 Å². The largest absolute Gasteiger partial charge is 0.460 e. The molecule has 4 rings (SSSR count). The zero-order chi connectivity index (χ0) is 22.2. The quantitative estimate of drug-likeness (QED) is 0.575. The van der Waals surface area contributed by atoms with Crippen LogP contribution in [0, 0.1) is 11.3 Å². The Morgan fingerprint density at radius 3 is 2.61 bits per heavy atom. The molecule has 1 heterocycles. The number of carbonyl (C=O) groups excluding carboxylic acids is 2. The zero-order valence-corrected chi connectivity index (χ0v) is 19.4. The minimum Gasteiger partial charge on any atom is -0.460 e. The van der Waals surface area contributed by atoms with Crippen molar-refractivity contribution in [2.75, 3.05) is 0 Å². The minimum atomic E-state index is -0.679. The molecule has 0 amide bonds. The molecule has 31 heavy (non-hydrogen) atoms. The van der Waals surface area contributed by atoms with Crippen LogP contribution in [0.3, 0.4) is 0 Å². The first-order chi connectivity index (χ1) is 14.7. The van der Waals surface area contributed by atoms with Gasteiger partial charge >= 0.3 is 5.97 Å². The number of rotatable bonds is 4. The number of hydrogen-bond acceptors (Lipinski definition) is 4. The summed E-state index contributed by atoms with van der Waals surface area (Å²) in [6.45, 7) is 8.53. The van der Waals surface area contributed by atoms with E-state index in [1.54, 1.807) is 0 Å². The first-order valence-corrected chi connectivity index (χ1v) is 11.2. The van der Waals surface area contributed by atoms with E-state index in [4.69, 9.17) is 4.74 Å². The SMILES string of the molecule is C=C1NC2=C(C(=O)CC(C)(C)C2)C(c2cccc(Br)c2)C1C(=O)OCc1ccccc1. The molecule has 0 radical (unpaired) electrons. The van der Waals surface area contributed by atoms with Crippen molar-refractivity contribution in [2.24, 2.45) is 11.3 Å². The van der Waals surface area contributed by atoms with E-state index in [2.05, 4.69) is 41.7 Å². The Morgan fingerprint density at radius 1 is 1.16 bits per heavy atom. The Hall–Kier alpha value is -2.66. The van der Waals surface area contributed by atoms with Crippen molar-refractivity contribution in [1.29, 1.82) is 0 Å². The lowest BCUT2D eigenvalue weighted by atomic mass is 9.66. The van der Waals surface area contributed by atoms with E-state index < -0.39 is 11.8 Å². The molecule has 2 aromatic rings. The van der Waals surface area contributed by atoms with Crippen molar-refractivity contribution in [2.45, 2.75) is 39.2 Å². The molecule has 0 fully saturated rings. The van der Waals surface area contributed by atoms with Gasteiger partial charge in [-0.25, -0.2) is 0 Å². The van der Waals surface area contributed by atoms with Gasteiger partial charge in [0.15, 0.2) is 5.78 Å². The van der Waals surface area contributed by atoms with Crippen molar-refractivity contribution in [3.05, 3.63) is 93.7 Å². The summed E-state index contributed by atoms with van der Waals surface area (Å²) in [4.78, 5) is 26.6. The van der Waals surface area contributed by atoms with Crippen LogP contribution < -0.4 is 5.32 Å². The summed E-state index contributed by atoms with van der Waals surface area (Å²) >= 11 is 3.53. The topological polar surface area (TPSA) is 55.4 Å². The van der Waals surface area contributed by atoms with Crippen molar-refractivity contribution in [3.8, 4) is 0 Å². The minimum absolute atomic E-state index is 0.0806. The summed E-state index contributed by atoms with van der Waals surface area (Å²) in [5, 5.41) is 3.30. The van der Waals surface area contributed by atoms with Crippen molar-refractivity contribution in [3.63, 3.8) is 0 Å². The fourth-order valence-corrected chi connectivity index (χ4v) is 5.02. The van der Waals surface area contributed by atoms with Crippen LogP contribution in [0.5, 0.6) is 0 Å². The van der Waals surface area contributed by atoms with E-state index in [1.165, 1.54) is 0 Å². The number of allylic oxidation sites excluding steroid dienone is 2. The lowest BCUT2D eigenvalue weighted by molar-refractivity contribution is -0.149. The Bertz CT molecular complexity index is 1070. The van der Waals surface area contributed by atoms with Crippen LogP contribution in [0.4, 0.5) is 0 Å². The maximum Gasteiger partial charge on any atom is 0.316 e. The summed E-state index contributed by atoms with van der Waals surface area (Å²) < 4.78 is 6.59. The Balaban J connectivity index is 1.73. The summed E-state index contributed by atoms with van der Waals surface area (Å²) in [5.74, 6) is -1.40. The van der Waals surface area contributed by atoms with Gasteiger partial charge in [0, 0.05) is 33.8 Å². The second kappa shape index (κ2) is 8.46. The van der Waals surface area contributed by atoms with Gasteiger partial charge in [-0.1, -0.05) is 78.8 Å². The van der Waals surface area contributed by atoms with E-state index in [0.29, 0.717) is 17.7 Å². The number of carbonyl (C=O) groups is 2. The van der Waals surface area contributed by atoms with Crippen LogP contribution in [-0.4, -0.2) is 11.8 Å². The molecule has 4 nitrogen and oxygen atoms in total. The number of ketones is 1. The molecule has 1 aliphatic heterocycles. The predicted octanol–water partition coefficient (Wildman–Crippen LogP) is 5.65. The first kappa shape index (κ1) is 21.6. The molecule has 1 N–H and O–H groups in total. The smallest absolute Gasteiger partial charge is 0.316 e. The fraction of sp³-hybridized carbons (Fsp3) is 0.308. The van der Waals surface area contributed by atoms with Gasteiger partial charge in [0.2, 0.25) is 0 Å². The van der Waals surface area contributed by atoms with Crippen LogP contribution in [-0.2, 0) is 20.9 Å². The second-order valence-electron chi connectivity index (χ2n) is 9.09. The lowest BCUT2D eigenvalue weighted by Crippen LogP contribution is -2.43. The van der Waals surface area contributed by atoms with Crippen molar-refractivity contribution in [1.82, 2.24) is 5.32 Å². The van der Waals surface area contributed by atoms with Crippen LogP contribution >= 0.6 is 15.9 Å². The van der Waals surface area contributed by atoms with Gasteiger partial charge < -0.3 is 10.1 Å². The van der Waals surface area contributed by atoms with E-state index >= 15 is 0 Å². The Morgan fingerprint density at radius 2 is 1.90 bits per heavy atom. The first-order valence-electron chi connectivity index (χ1n) is 10.4. The molecule has 0 saturated carbocycles. The van der Waals surface area contributed by atoms with Gasteiger partial charge in [0.25, 0.3) is 0 Å². The molecular formula is C26H26BrNO3. The van der Waals surface area contributed by atoms with Gasteiger partial charge in [-0.3, -0.25) is 9.59 Å². The molecule has 160 valence electrons. The average molecular weight is 480 g/mol. The maximum atomic E-state index is 13.3. The highest BCUT2D eigenvalue weighted by Crippen LogP contribution is 2.48. The molecule has 2 atom stereocenters. The normalized spacial score (nSPS) is 22.5. The van der Waals surface area contributed by atoms with Gasteiger partial charge in [-0.05, 0) is 35.1 Å². The number of ether oxygens (including phenoxy) is 1. The molecule has 2 unspecified atom stereocenters. The molecule has 0 saturated heterocycles. The monoisotopic (exact) mass is 479 g/mol. The van der Waals surface area contributed by atoms with Gasteiger partial charge in [-0.2, -0.15) is 0 Å². The summed E-state index contributed by atoms with van der Waals surface area (Å²) in [5.41, 5.74) is 3.83. The standard InChI is InChI=1S/C26H26BrNO3/c1-16-22(25(30)31-15-17-8-5-4-6-9-17)23(18-10-7-11-19(27)12-18)24-20(28-16)13-26(2,3)14-21(24)29/h4-12,22-23,28H,1,13-15H2,2-3H3. The second-order valence-corrected chi connectivity index (χ2v) is 10.0. The summed E-state index contributed by atoms with van der Waals surface area (Å²) in [6.07, 6.45) is 1.19. The van der Waals surface area contributed by atoms with Gasteiger partial charge in [0.05, 0.1) is 0 Å². The fourth-order valence-electron chi connectivity index (χ4n) is 4.60. The number of hydrogen-bond donors (Lipinski definition) is 1. The Labute approximate surface area is 191 Å². The third-order valence-corrected chi connectivity index (χ3v) is 6.43. The Kier molecular flexibility index (Phi) is 5.89.